The van der Waals surface area contributed by atoms with Gasteiger partial charge in [0.2, 0.25) is 0 Å². The fourth-order valence-corrected chi connectivity index (χ4v) is 2.99. The number of benzene rings is 2. The number of hydrogen-bond acceptors (Lipinski definition) is 3. The van der Waals surface area contributed by atoms with Crippen LogP contribution in [0.1, 0.15) is 5.56 Å². The van der Waals surface area contributed by atoms with Crippen molar-refractivity contribution in [1.82, 2.24) is 0 Å². The summed E-state index contributed by atoms with van der Waals surface area (Å²) in [6, 6.07) is 11.3. The van der Waals surface area contributed by atoms with Crippen LogP contribution in [0.25, 0.3) is 0 Å². The molecule has 20 heavy (non-hydrogen) atoms. The minimum absolute atomic E-state index is 0.206. The fourth-order valence-electron chi connectivity index (χ4n) is 1.79. The van der Waals surface area contributed by atoms with E-state index in [1.807, 2.05) is 0 Å². The normalized spacial score (nSPS) is 11.3. The third-order valence-electron chi connectivity index (χ3n) is 2.77. The molecule has 0 spiro atoms. The number of halogens is 2. The Kier molecular flexibility index (Phi) is 4.45. The number of sulfone groups is 1. The van der Waals surface area contributed by atoms with Crippen molar-refractivity contribution in [3.8, 4) is 0 Å². The van der Waals surface area contributed by atoms with Gasteiger partial charge in [-0.25, -0.2) is 12.8 Å². The number of para-hydroxylation sites is 1. The van der Waals surface area contributed by atoms with E-state index in [1.165, 1.54) is 12.1 Å². The second kappa shape index (κ2) is 5.93. The van der Waals surface area contributed by atoms with Crippen LogP contribution < -0.4 is 5.32 Å². The molecule has 1 N–H and O–H groups in total. The maximum atomic E-state index is 13.7. The molecule has 3 nitrogen and oxygen atoms in total. The Labute approximate surface area is 125 Å². The van der Waals surface area contributed by atoms with E-state index in [0.29, 0.717) is 15.7 Å². The SMILES string of the molecule is CS(=O)(=O)c1ccccc1NCc1ccc(Br)cc1F. The molecule has 0 fully saturated rings. The second-order valence-corrected chi connectivity index (χ2v) is 7.26. The highest BCUT2D eigenvalue weighted by Gasteiger charge is 2.12. The molecule has 2 aromatic rings. The molecule has 2 rings (SSSR count). The van der Waals surface area contributed by atoms with Crippen molar-refractivity contribution in [3.05, 3.63) is 58.3 Å². The van der Waals surface area contributed by atoms with Gasteiger partial charge in [0.05, 0.1) is 10.6 Å². The first-order valence-electron chi connectivity index (χ1n) is 5.85. The third kappa shape index (κ3) is 3.58. The van der Waals surface area contributed by atoms with Crippen LogP contribution in [0.2, 0.25) is 0 Å². The lowest BCUT2D eigenvalue weighted by atomic mass is 10.2. The minimum atomic E-state index is -3.32. The van der Waals surface area contributed by atoms with Gasteiger partial charge in [0, 0.05) is 22.8 Å². The average Bonchev–Trinajstić information content (AvgIpc) is 2.37. The van der Waals surface area contributed by atoms with Crippen molar-refractivity contribution in [2.75, 3.05) is 11.6 Å². The van der Waals surface area contributed by atoms with E-state index in [2.05, 4.69) is 21.2 Å². The van der Waals surface area contributed by atoms with Crippen molar-refractivity contribution in [3.63, 3.8) is 0 Å². The van der Waals surface area contributed by atoms with E-state index >= 15 is 0 Å². The molecule has 0 heterocycles. The quantitative estimate of drug-likeness (QED) is 0.908. The molecule has 0 amide bonds. The average molecular weight is 358 g/mol. The van der Waals surface area contributed by atoms with Crippen LogP contribution in [0.15, 0.2) is 51.8 Å². The van der Waals surface area contributed by atoms with Gasteiger partial charge in [0.1, 0.15) is 5.82 Å². The highest BCUT2D eigenvalue weighted by molar-refractivity contribution is 9.10. The second-order valence-electron chi connectivity index (χ2n) is 4.36. The van der Waals surface area contributed by atoms with Gasteiger partial charge < -0.3 is 5.32 Å². The fraction of sp³-hybridized carbons (Fsp3) is 0.143. The minimum Gasteiger partial charge on any atom is -0.380 e. The van der Waals surface area contributed by atoms with Crippen molar-refractivity contribution >= 4 is 31.5 Å². The van der Waals surface area contributed by atoms with Crippen molar-refractivity contribution in [2.45, 2.75) is 11.4 Å². The molecule has 0 aliphatic carbocycles. The smallest absolute Gasteiger partial charge is 0.177 e. The van der Waals surface area contributed by atoms with Gasteiger partial charge in [-0.1, -0.05) is 34.1 Å². The number of nitrogens with one attached hydrogen (secondary N) is 1. The molecule has 0 radical (unpaired) electrons. The Hall–Kier alpha value is -1.40. The zero-order valence-corrected chi connectivity index (χ0v) is 13.1. The molecule has 0 saturated carbocycles. The standard InChI is InChI=1S/C14H13BrFNO2S/c1-20(18,19)14-5-3-2-4-13(14)17-9-10-6-7-11(15)8-12(10)16/h2-8,17H,9H2,1H3. The molecule has 0 aromatic heterocycles. The number of anilines is 1. The van der Waals surface area contributed by atoms with E-state index in [0.717, 1.165) is 6.26 Å². The van der Waals surface area contributed by atoms with Gasteiger partial charge in [0.25, 0.3) is 0 Å². The Morgan fingerprint density at radius 2 is 1.90 bits per heavy atom. The predicted octanol–water partition coefficient (Wildman–Crippen LogP) is 3.60. The molecular formula is C14H13BrFNO2S. The topological polar surface area (TPSA) is 46.2 Å². The summed E-state index contributed by atoms with van der Waals surface area (Å²) in [7, 11) is -3.32. The van der Waals surface area contributed by atoms with Gasteiger partial charge in [-0.05, 0) is 24.3 Å². The lowest BCUT2D eigenvalue weighted by Gasteiger charge is -2.11. The molecule has 0 atom stereocenters. The summed E-state index contributed by atoms with van der Waals surface area (Å²) in [6.07, 6.45) is 1.15. The summed E-state index contributed by atoms with van der Waals surface area (Å²) in [5, 5.41) is 2.96. The van der Waals surface area contributed by atoms with E-state index < -0.39 is 9.84 Å². The summed E-state index contributed by atoms with van der Waals surface area (Å²) in [4.78, 5) is 0.206. The number of hydrogen-bond donors (Lipinski definition) is 1. The molecule has 0 bridgehead atoms. The summed E-state index contributed by atoms with van der Waals surface area (Å²) in [6.45, 7) is 0.214. The highest BCUT2D eigenvalue weighted by Crippen LogP contribution is 2.22. The van der Waals surface area contributed by atoms with Crippen molar-refractivity contribution in [1.29, 1.82) is 0 Å². The van der Waals surface area contributed by atoms with Gasteiger partial charge in [-0.3, -0.25) is 0 Å². The maximum Gasteiger partial charge on any atom is 0.177 e. The Morgan fingerprint density at radius 1 is 1.20 bits per heavy atom. The van der Waals surface area contributed by atoms with E-state index in [1.54, 1.807) is 30.3 Å². The Morgan fingerprint density at radius 3 is 2.55 bits per heavy atom. The van der Waals surface area contributed by atoms with E-state index in [9.17, 15) is 12.8 Å². The summed E-state index contributed by atoms with van der Waals surface area (Å²) >= 11 is 3.19. The molecule has 106 valence electrons. The Balaban J connectivity index is 2.24. The summed E-state index contributed by atoms with van der Waals surface area (Å²) < 4.78 is 37.7. The van der Waals surface area contributed by atoms with Crippen LogP contribution in [0.3, 0.4) is 0 Å². The van der Waals surface area contributed by atoms with Gasteiger partial charge in [-0.15, -0.1) is 0 Å². The Bertz CT molecular complexity index is 732. The molecule has 0 aliphatic heterocycles. The van der Waals surface area contributed by atoms with Crippen LogP contribution in [-0.2, 0) is 16.4 Å². The van der Waals surface area contributed by atoms with Crippen LogP contribution in [-0.4, -0.2) is 14.7 Å². The van der Waals surface area contributed by atoms with Crippen LogP contribution in [0.5, 0.6) is 0 Å². The largest absolute Gasteiger partial charge is 0.380 e. The first-order chi connectivity index (χ1) is 9.38. The monoisotopic (exact) mass is 357 g/mol. The highest BCUT2D eigenvalue weighted by atomic mass is 79.9. The lowest BCUT2D eigenvalue weighted by molar-refractivity contribution is 0.602. The van der Waals surface area contributed by atoms with E-state index in [-0.39, 0.29) is 17.3 Å². The molecule has 0 saturated heterocycles. The molecular weight excluding hydrogens is 345 g/mol. The van der Waals surface area contributed by atoms with Crippen LogP contribution in [0, 0.1) is 5.82 Å². The zero-order chi connectivity index (χ0) is 14.8. The van der Waals surface area contributed by atoms with Crippen molar-refractivity contribution in [2.24, 2.45) is 0 Å². The van der Waals surface area contributed by atoms with Gasteiger partial charge in [0.15, 0.2) is 9.84 Å². The lowest BCUT2D eigenvalue weighted by Crippen LogP contribution is -2.07. The molecule has 0 aliphatic rings. The van der Waals surface area contributed by atoms with Crippen LogP contribution >= 0.6 is 15.9 Å². The van der Waals surface area contributed by atoms with Crippen LogP contribution in [0.4, 0.5) is 10.1 Å². The third-order valence-corrected chi connectivity index (χ3v) is 4.42. The summed E-state index contributed by atoms with van der Waals surface area (Å²) in [5.74, 6) is -0.344. The predicted molar refractivity (Wildman–Crippen MR) is 81.0 cm³/mol. The van der Waals surface area contributed by atoms with Gasteiger partial charge >= 0.3 is 0 Å². The summed E-state index contributed by atoms with van der Waals surface area (Å²) in [5.41, 5.74) is 0.939. The molecule has 2 aromatic carbocycles. The maximum absolute atomic E-state index is 13.7. The molecule has 6 heteroatoms. The van der Waals surface area contributed by atoms with Gasteiger partial charge in [-0.2, -0.15) is 0 Å². The first-order valence-corrected chi connectivity index (χ1v) is 8.53. The van der Waals surface area contributed by atoms with E-state index in [4.69, 9.17) is 0 Å². The first kappa shape index (κ1) is 15.0. The molecule has 0 unspecified atom stereocenters. The van der Waals surface area contributed by atoms with Crippen molar-refractivity contribution < 1.29 is 12.8 Å². The number of rotatable bonds is 4. The zero-order valence-electron chi connectivity index (χ0n) is 10.7.